The van der Waals surface area contributed by atoms with Gasteiger partial charge in [0.2, 0.25) is 0 Å². The first-order chi connectivity index (χ1) is 13.7. The number of rotatable bonds is 14. The maximum Gasteiger partial charge on any atom is 0.306 e. The topological polar surface area (TPSA) is 65.0 Å². The van der Waals surface area contributed by atoms with Gasteiger partial charge in [-0.3, -0.25) is 4.79 Å². The number of hydrogen-bond donors (Lipinski definition) is 1. The van der Waals surface area contributed by atoms with Crippen molar-refractivity contribution in [3.63, 3.8) is 0 Å². The van der Waals surface area contributed by atoms with Crippen LogP contribution in [-0.2, 0) is 14.3 Å². The highest BCUT2D eigenvalue weighted by atomic mass is 16.6. The predicted molar refractivity (Wildman–Crippen MR) is 110 cm³/mol. The first-order valence-electron chi connectivity index (χ1n) is 10.8. The Labute approximate surface area is 169 Å². The van der Waals surface area contributed by atoms with Crippen LogP contribution in [0.3, 0.4) is 0 Å². The highest BCUT2D eigenvalue weighted by Gasteiger charge is 2.41. The summed E-state index contributed by atoms with van der Waals surface area (Å²) in [6.07, 6.45) is 8.79. The third-order valence-electron chi connectivity index (χ3n) is 5.40. The second-order valence-corrected chi connectivity index (χ2v) is 7.62. The monoisotopic (exact) mass is 392 g/mol. The lowest BCUT2D eigenvalue weighted by molar-refractivity contribution is -0.147. The maximum absolute atomic E-state index is 11.9. The zero-order chi connectivity index (χ0) is 20.2. The van der Waals surface area contributed by atoms with Crippen molar-refractivity contribution in [3.8, 4) is 5.75 Å². The van der Waals surface area contributed by atoms with Gasteiger partial charge in [0.05, 0.1) is 20.1 Å². The summed E-state index contributed by atoms with van der Waals surface area (Å²) >= 11 is 0. The van der Waals surface area contributed by atoms with Crippen molar-refractivity contribution in [2.45, 2.75) is 82.8 Å². The number of hydrogen-bond acceptors (Lipinski definition) is 5. The number of carbonyl (C=O) groups is 1. The van der Waals surface area contributed by atoms with E-state index in [0.717, 1.165) is 18.4 Å². The van der Waals surface area contributed by atoms with Gasteiger partial charge < -0.3 is 19.3 Å². The number of para-hydroxylation sites is 1. The molecule has 0 amide bonds. The summed E-state index contributed by atoms with van der Waals surface area (Å²) in [7, 11) is 1.61. The molecule has 0 saturated carbocycles. The van der Waals surface area contributed by atoms with Crippen molar-refractivity contribution in [2.75, 3.05) is 20.3 Å². The number of benzene rings is 1. The van der Waals surface area contributed by atoms with Gasteiger partial charge in [0.1, 0.15) is 18.0 Å². The summed E-state index contributed by atoms with van der Waals surface area (Å²) in [5, 5.41) is 10.5. The average molecular weight is 393 g/mol. The number of ether oxygens (including phenoxy) is 3. The number of aliphatic hydroxyl groups is 1. The summed E-state index contributed by atoms with van der Waals surface area (Å²) in [6.45, 7) is 3.04. The Kier molecular flexibility index (Phi) is 10.4. The van der Waals surface area contributed by atoms with Gasteiger partial charge in [-0.1, -0.05) is 70.1 Å². The number of cyclic esters (lactones) is 1. The first kappa shape index (κ1) is 22.7. The molecule has 5 heteroatoms. The van der Waals surface area contributed by atoms with Gasteiger partial charge in [0.25, 0.3) is 0 Å². The van der Waals surface area contributed by atoms with Crippen LogP contribution in [0.5, 0.6) is 5.75 Å². The van der Waals surface area contributed by atoms with Gasteiger partial charge in [-0.25, -0.2) is 0 Å². The summed E-state index contributed by atoms with van der Waals surface area (Å²) in [5.74, 6) is 0.205. The van der Waals surface area contributed by atoms with E-state index in [1.807, 2.05) is 24.3 Å². The Bertz CT molecular complexity index is 574. The van der Waals surface area contributed by atoms with Crippen molar-refractivity contribution in [1.29, 1.82) is 0 Å². The first-order valence-corrected chi connectivity index (χ1v) is 10.8. The molecule has 0 unspecified atom stereocenters. The molecule has 1 saturated heterocycles. The molecule has 0 bridgehead atoms. The van der Waals surface area contributed by atoms with Gasteiger partial charge in [-0.15, -0.1) is 0 Å². The van der Waals surface area contributed by atoms with E-state index in [1.165, 1.54) is 38.5 Å². The highest BCUT2D eigenvalue weighted by molar-refractivity contribution is 5.74. The molecular formula is C23H36O5. The van der Waals surface area contributed by atoms with E-state index in [2.05, 4.69) is 6.92 Å². The van der Waals surface area contributed by atoms with Crippen LogP contribution in [0.1, 0.15) is 76.2 Å². The Balaban J connectivity index is 1.70. The number of methoxy groups -OCH3 is 1. The van der Waals surface area contributed by atoms with Crippen molar-refractivity contribution in [2.24, 2.45) is 0 Å². The molecule has 2 rings (SSSR count). The van der Waals surface area contributed by atoms with Crippen LogP contribution in [-0.4, -0.2) is 43.6 Å². The second-order valence-electron chi connectivity index (χ2n) is 7.62. The highest BCUT2D eigenvalue weighted by Crippen LogP contribution is 2.38. The molecule has 0 aliphatic carbocycles. The third-order valence-corrected chi connectivity index (χ3v) is 5.40. The van der Waals surface area contributed by atoms with E-state index < -0.39 is 12.2 Å². The smallest absolute Gasteiger partial charge is 0.306 e. The standard InChI is InChI=1S/C23H36O5/c1-3-4-5-6-7-8-9-12-15-27-17-20(24)23-19(16-22(25)28-23)18-13-10-11-14-21(18)26-2/h10-11,13-14,19-20,23-24H,3-9,12,15-17H2,1-2H3/t19-,20+,23+/m0/s1. The lowest BCUT2D eigenvalue weighted by Crippen LogP contribution is -2.34. The van der Waals surface area contributed by atoms with Crippen LogP contribution in [0, 0.1) is 0 Å². The second kappa shape index (κ2) is 12.8. The van der Waals surface area contributed by atoms with Crippen molar-refractivity contribution >= 4 is 5.97 Å². The lowest BCUT2D eigenvalue weighted by atomic mass is 9.89. The van der Waals surface area contributed by atoms with Crippen LogP contribution >= 0.6 is 0 Å². The predicted octanol–water partition coefficient (Wildman–Crippen LogP) is 4.61. The van der Waals surface area contributed by atoms with E-state index in [9.17, 15) is 9.90 Å². The Morgan fingerprint density at radius 2 is 1.79 bits per heavy atom. The number of carbonyl (C=O) groups excluding carboxylic acids is 1. The number of aliphatic hydroxyl groups excluding tert-OH is 1. The number of esters is 1. The van der Waals surface area contributed by atoms with E-state index in [-0.39, 0.29) is 24.9 Å². The summed E-state index contributed by atoms with van der Waals surface area (Å²) in [5.41, 5.74) is 0.892. The molecule has 1 aromatic carbocycles. The fourth-order valence-electron chi connectivity index (χ4n) is 3.82. The third kappa shape index (κ3) is 7.10. The molecule has 5 nitrogen and oxygen atoms in total. The van der Waals surface area contributed by atoms with Crippen LogP contribution in [0.2, 0.25) is 0 Å². The van der Waals surface area contributed by atoms with E-state index in [1.54, 1.807) is 7.11 Å². The molecule has 1 heterocycles. The molecule has 0 radical (unpaired) electrons. The van der Waals surface area contributed by atoms with Gasteiger partial charge in [-0.05, 0) is 12.5 Å². The van der Waals surface area contributed by atoms with Gasteiger partial charge >= 0.3 is 5.97 Å². The van der Waals surface area contributed by atoms with Gasteiger partial charge in [0, 0.05) is 18.1 Å². The SMILES string of the molecule is CCCCCCCCCCOC[C@@H](O)[C@@H]1OC(=O)C[C@H]1c1ccccc1OC. The minimum Gasteiger partial charge on any atom is -0.496 e. The molecule has 1 aliphatic heterocycles. The minimum absolute atomic E-state index is 0.181. The fraction of sp³-hybridized carbons (Fsp3) is 0.696. The number of unbranched alkanes of at least 4 members (excludes halogenated alkanes) is 7. The van der Waals surface area contributed by atoms with Gasteiger partial charge in [0.15, 0.2) is 0 Å². The maximum atomic E-state index is 11.9. The Hall–Kier alpha value is -1.59. The van der Waals surface area contributed by atoms with Crippen LogP contribution in [0.25, 0.3) is 0 Å². The summed E-state index contributed by atoms with van der Waals surface area (Å²) in [6, 6.07) is 7.58. The molecule has 1 fully saturated rings. The van der Waals surface area contributed by atoms with Crippen LogP contribution in [0.4, 0.5) is 0 Å². The molecule has 3 atom stereocenters. The molecule has 1 N–H and O–H groups in total. The van der Waals surface area contributed by atoms with Gasteiger partial charge in [-0.2, -0.15) is 0 Å². The molecule has 0 aromatic heterocycles. The zero-order valence-corrected chi connectivity index (χ0v) is 17.4. The minimum atomic E-state index is -0.838. The molecule has 0 spiro atoms. The molecular weight excluding hydrogens is 356 g/mol. The lowest BCUT2D eigenvalue weighted by Gasteiger charge is -2.24. The van der Waals surface area contributed by atoms with Crippen LogP contribution in [0.15, 0.2) is 24.3 Å². The zero-order valence-electron chi connectivity index (χ0n) is 17.4. The quantitative estimate of drug-likeness (QED) is 0.370. The van der Waals surface area contributed by atoms with Crippen molar-refractivity contribution < 1.29 is 24.1 Å². The summed E-state index contributed by atoms with van der Waals surface area (Å²) in [4.78, 5) is 11.9. The van der Waals surface area contributed by atoms with Crippen LogP contribution < -0.4 is 4.74 Å². The average Bonchev–Trinajstić information content (AvgIpc) is 3.10. The molecule has 28 heavy (non-hydrogen) atoms. The molecule has 1 aliphatic rings. The largest absolute Gasteiger partial charge is 0.496 e. The van der Waals surface area contributed by atoms with E-state index in [0.29, 0.717) is 12.4 Å². The normalized spacial score (nSPS) is 20.2. The molecule has 158 valence electrons. The van der Waals surface area contributed by atoms with E-state index >= 15 is 0 Å². The Morgan fingerprint density at radius 1 is 1.11 bits per heavy atom. The van der Waals surface area contributed by atoms with Crippen molar-refractivity contribution in [1.82, 2.24) is 0 Å². The fourth-order valence-corrected chi connectivity index (χ4v) is 3.82. The summed E-state index contributed by atoms with van der Waals surface area (Å²) < 4.78 is 16.5. The Morgan fingerprint density at radius 3 is 2.50 bits per heavy atom. The van der Waals surface area contributed by atoms with E-state index in [4.69, 9.17) is 14.2 Å². The molecule has 1 aromatic rings. The van der Waals surface area contributed by atoms with Crippen molar-refractivity contribution in [3.05, 3.63) is 29.8 Å².